The molecule has 0 bridgehead atoms. The van der Waals surface area contributed by atoms with E-state index in [9.17, 15) is 4.79 Å². The molecule has 0 aromatic heterocycles. The molecule has 4 nitrogen and oxygen atoms in total. The van der Waals surface area contributed by atoms with Crippen LogP contribution in [0.4, 0.5) is 11.4 Å². The minimum absolute atomic E-state index is 0. The highest BCUT2D eigenvalue weighted by Gasteiger charge is 2.38. The van der Waals surface area contributed by atoms with Gasteiger partial charge in [0.15, 0.2) is 12.5 Å². The minimum atomic E-state index is -0.266. The SMILES string of the molecule is Cl.O=CC1Nc2ccccc2N1C1CCN(C2Cc3cccc4ccc(Cl)c2c34)CC1. The summed E-state index contributed by atoms with van der Waals surface area (Å²) in [5.74, 6) is 0. The zero-order valence-electron chi connectivity index (χ0n) is 17.1. The van der Waals surface area contributed by atoms with Crippen LogP contribution in [0.25, 0.3) is 10.8 Å². The molecule has 0 radical (unpaired) electrons. The van der Waals surface area contributed by atoms with Crippen LogP contribution < -0.4 is 10.2 Å². The molecule has 1 aliphatic carbocycles. The van der Waals surface area contributed by atoms with Crippen LogP contribution in [0, 0.1) is 0 Å². The van der Waals surface area contributed by atoms with Crippen LogP contribution >= 0.6 is 24.0 Å². The number of para-hydroxylation sites is 2. The number of hydrogen-bond donors (Lipinski definition) is 1. The number of piperidine rings is 1. The van der Waals surface area contributed by atoms with E-state index in [4.69, 9.17) is 11.6 Å². The van der Waals surface area contributed by atoms with Crippen LogP contribution in [0.1, 0.15) is 30.0 Å². The number of likely N-dealkylation sites (tertiary alicyclic amines) is 1. The van der Waals surface area contributed by atoms with Crippen molar-refractivity contribution in [3.63, 3.8) is 0 Å². The maximum Gasteiger partial charge on any atom is 0.162 e. The van der Waals surface area contributed by atoms with Gasteiger partial charge in [0.05, 0.1) is 11.4 Å². The molecule has 2 aliphatic heterocycles. The number of nitrogens with zero attached hydrogens (tertiary/aromatic N) is 2. The topological polar surface area (TPSA) is 35.6 Å². The third kappa shape index (κ3) is 3.20. The van der Waals surface area contributed by atoms with Crippen molar-refractivity contribution in [2.45, 2.75) is 37.5 Å². The number of carbonyl (C=O) groups is 1. The summed E-state index contributed by atoms with van der Waals surface area (Å²) < 4.78 is 0. The molecule has 3 aromatic carbocycles. The first-order valence-electron chi connectivity index (χ1n) is 10.8. The van der Waals surface area contributed by atoms with Gasteiger partial charge in [-0.1, -0.05) is 48.0 Å². The van der Waals surface area contributed by atoms with E-state index in [1.54, 1.807) is 0 Å². The Morgan fingerprint density at radius 2 is 1.81 bits per heavy atom. The maximum absolute atomic E-state index is 11.7. The van der Waals surface area contributed by atoms with Crippen LogP contribution in [0.15, 0.2) is 54.6 Å². The number of carbonyl (C=O) groups excluding carboxylic acids is 1. The fraction of sp³-hybridized carbons (Fsp3) is 0.320. The Balaban J connectivity index is 0.00000204. The molecule has 0 saturated carbocycles. The highest BCUT2D eigenvalue weighted by atomic mass is 35.5. The molecule has 2 atom stereocenters. The summed E-state index contributed by atoms with van der Waals surface area (Å²) in [5, 5.41) is 6.89. The molecule has 0 amide bonds. The zero-order chi connectivity index (χ0) is 20.2. The van der Waals surface area contributed by atoms with E-state index in [0.29, 0.717) is 12.1 Å². The molecule has 1 saturated heterocycles. The predicted octanol–water partition coefficient (Wildman–Crippen LogP) is 5.43. The molecule has 3 aromatic rings. The van der Waals surface area contributed by atoms with E-state index < -0.39 is 0 Å². The summed E-state index contributed by atoms with van der Waals surface area (Å²) in [6, 6.07) is 19.7. The third-order valence-corrected chi connectivity index (χ3v) is 7.44. The van der Waals surface area contributed by atoms with Crippen molar-refractivity contribution < 1.29 is 4.79 Å². The highest BCUT2D eigenvalue weighted by molar-refractivity contribution is 6.32. The van der Waals surface area contributed by atoms with Crippen LogP contribution in [-0.4, -0.2) is 36.5 Å². The van der Waals surface area contributed by atoms with Gasteiger partial charge in [0.1, 0.15) is 0 Å². The quantitative estimate of drug-likeness (QED) is 0.535. The van der Waals surface area contributed by atoms with E-state index in [-0.39, 0.29) is 18.6 Å². The standard InChI is InChI=1S/C25H24ClN3O.ClH/c26-19-9-8-16-4-3-5-17-14-22(25(19)24(16)17)28-12-10-18(11-13-28)29-21-7-2-1-6-20(21)27-23(29)15-30;/h1-9,15,18,22-23,27H,10-14H2;1H. The van der Waals surface area contributed by atoms with Crippen molar-refractivity contribution in [1.82, 2.24) is 4.90 Å². The van der Waals surface area contributed by atoms with Crippen LogP contribution in [0.5, 0.6) is 0 Å². The Kier molecular flexibility index (Phi) is 5.33. The lowest BCUT2D eigenvalue weighted by molar-refractivity contribution is -0.108. The molecule has 0 spiro atoms. The number of rotatable bonds is 3. The molecule has 1 fully saturated rings. The van der Waals surface area contributed by atoms with Gasteiger partial charge >= 0.3 is 0 Å². The number of fused-ring (bicyclic) bond motifs is 1. The molecule has 2 heterocycles. The first-order chi connectivity index (χ1) is 14.7. The van der Waals surface area contributed by atoms with E-state index in [1.165, 1.54) is 21.9 Å². The van der Waals surface area contributed by atoms with E-state index in [1.807, 2.05) is 12.1 Å². The van der Waals surface area contributed by atoms with Gasteiger partial charge in [0, 0.05) is 30.2 Å². The van der Waals surface area contributed by atoms with Gasteiger partial charge in [-0.05, 0) is 59.4 Å². The smallest absolute Gasteiger partial charge is 0.162 e. The predicted molar refractivity (Wildman–Crippen MR) is 130 cm³/mol. The maximum atomic E-state index is 11.7. The summed E-state index contributed by atoms with van der Waals surface area (Å²) in [4.78, 5) is 16.6. The van der Waals surface area contributed by atoms with Crippen molar-refractivity contribution in [2.24, 2.45) is 0 Å². The fourth-order valence-corrected chi connectivity index (χ4v) is 6.06. The average Bonchev–Trinajstić information content (AvgIpc) is 3.36. The lowest BCUT2D eigenvalue weighted by atomic mass is 9.98. The van der Waals surface area contributed by atoms with Crippen molar-refractivity contribution in [3.05, 3.63) is 70.7 Å². The van der Waals surface area contributed by atoms with Crippen LogP contribution in [-0.2, 0) is 11.2 Å². The second-order valence-corrected chi connectivity index (χ2v) is 9.02. The second kappa shape index (κ2) is 8.01. The van der Waals surface area contributed by atoms with Gasteiger partial charge in [-0.15, -0.1) is 12.4 Å². The highest BCUT2D eigenvalue weighted by Crippen LogP contribution is 2.45. The number of nitrogens with one attached hydrogen (secondary N) is 1. The number of halogens is 2. The average molecular weight is 454 g/mol. The molecule has 1 N–H and O–H groups in total. The summed E-state index contributed by atoms with van der Waals surface area (Å²) in [7, 11) is 0. The molecule has 6 rings (SSSR count). The molecule has 31 heavy (non-hydrogen) atoms. The van der Waals surface area contributed by atoms with Crippen molar-refractivity contribution >= 4 is 52.4 Å². The monoisotopic (exact) mass is 453 g/mol. The fourth-order valence-electron chi connectivity index (χ4n) is 5.78. The Morgan fingerprint density at radius 3 is 2.61 bits per heavy atom. The van der Waals surface area contributed by atoms with Gasteiger partial charge in [0.25, 0.3) is 0 Å². The van der Waals surface area contributed by atoms with Gasteiger partial charge < -0.3 is 10.2 Å². The first-order valence-corrected chi connectivity index (χ1v) is 11.2. The Bertz CT molecular complexity index is 1140. The molecule has 2 unspecified atom stereocenters. The molecular weight excluding hydrogens is 429 g/mol. The van der Waals surface area contributed by atoms with Gasteiger partial charge in [0.2, 0.25) is 0 Å². The molecule has 3 aliphatic rings. The lowest BCUT2D eigenvalue weighted by Crippen LogP contribution is -2.50. The molecular formula is C25H25Cl2N3O. The number of anilines is 2. The van der Waals surface area contributed by atoms with Gasteiger partial charge in [-0.2, -0.15) is 0 Å². The van der Waals surface area contributed by atoms with E-state index in [2.05, 4.69) is 57.6 Å². The molecule has 160 valence electrons. The van der Waals surface area contributed by atoms with Crippen molar-refractivity contribution in [3.8, 4) is 0 Å². The summed E-state index contributed by atoms with van der Waals surface area (Å²) in [6.45, 7) is 2.03. The first kappa shape index (κ1) is 20.6. The largest absolute Gasteiger partial charge is 0.358 e. The van der Waals surface area contributed by atoms with E-state index >= 15 is 0 Å². The van der Waals surface area contributed by atoms with E-state index in [0.717, 1.165) is 55.0 Å². The van der Waals surface area contributed by atoms with Gasteiger partial charge in [-0.25, -0.2) is 0 Å². The lowest BCUT2D eigenvalue weighted by Gasteiger charge is -2.41. The summed E-state index contributed by atoms with van der Waals surface area (Å²) in [6.07, 6.45) is 3.88. The Morgan fingerprint density at radius 1 is 1.00 bits per heavy atom. The second-order valence-electron chi connectivity index (χ2n) is 8.61. The minimum Gasteiger partial charge on any atom is -0.358 e. The normalized spacial score (nSPS) is 22.8. The summed E-state index contributed by atoms with van der Waals surface area (Å²) >= 11 is 6.70. The van der Waals surface area contributed by atoms with Crippen molar-refractivity contribution in [1.29, 1.82) is 0 Å². The van der Waals surface area contributed by atoms with Crippen LogP contribution in [0.2, 0.25) is 5.02 Å². The number of aldehydes is 1. The van der Waals surface area contributed by atoms with Crippen LogP contribution in [0.3, 0.4) is 0 Å². The van der Waals surface area contributed by atoms with Gasteiger partial charge in [-0.3, -0.25) is 9.69 Å². The zero-order valence-corrected chi connectivity index (χ0v) is 18.7. The van der Waals surface area contributed by atoms with Crippen molar-refractivity contribution in [2.75, 3.05) is 23.3 Å². The number of hydrogen-bond acceptors (Lipinski definition) is 4. The summed E-state index contributed by atoms with van der Waals surface area (Å²) in [5.41, 5.74) is 4.92. The third-order valence-electron chi connectivity index (χ3n) is 7.11. The Hall–Kier alpha value is -2.27. The Labute approximate surface area is 193 Å². The molecule has 6 heteroatoms. The number of benzene rings is 3.